The lowest BCUT2D eigenvalue weighted by Gasteiger charge is -2.16. The second-order valence-electron chi connectivity index (χ2n) is 4.15. The van der Waals surface area contributed by atoms with Gasteiger partial charge in [-0.2, -0.15) is 0 Å². The average Bonchev–Trinajstić information content (AvgIpc) is 2.77. The number of hydrogen-bond donors (Lipinski definition) is 2. The summed E-state index contributed by atoms with van der Waals surface area (Å²) in [6.45, 7) is 1.44. The molecule has 0 fully saturated rings. The van der Waals surface area contributed by atoms with Gasteiger partial charge in [0.1, 0.15) is 5.82 Å². The second-order valence-corrected chi connectivity index (χ2v) is 6.35. The minimum atomic E-state index is 0.604. The van der Waals surface area contributed by atoms with Gasteiger partial charge in [0.05, 0.1) is 15.1 Å². The molecular formula is C12H14Cl2N4S. The van der Waals surface area contributed by atoms with Crippen molar-refractivity contribution >= 4 is 40.4 Å². The van der Waals surface area contributed by atoms with Crippen molar-refractivity contribution in [1.82, 2.24) is 9.88 Å². The Labute approximate surface area is 126 Å². The number of halogens is 2. The van der Waals surface area contributed by atoms with Crippen LogP contribution in [0.5, 0.6) is 0 Å². The highest BCUT2D eigenvalue weighted by molar-refractivity contribution is 7.16. The summed E-state index contributed by atoms with van der Waals surface area (Å²) in [5.74, 6) is 5.95. The van der Waals surface area contributed by atoms with Crippen molar-refractivity contribution in [2.45, 2.75) is 13.1 Å². The van der Waals surface area contributed by atoms with Crippen molar-refractivity contribution < 1.29 is 0 Å². The number of hydrazine groups is 1. The summed E-state index contributed by atoms with van der Waals surface area (Å²) in [6, 6.07) is 7.45. The lowest BCUT2D eigenvalue weighted by Crippen LogP contribution is -2.18. The summed E-state index contributed by atoms with van der Waals surface area (Å²) in [5.41, 5.74) is 3.31. The van der Waals surface area contributed by atoms with Gasteiger partial charge in [0.15, 0.2) is 0 Å². The number of pyridine rings is 1. The van der Waals surface area contributed by atoms with E-state index in [0.29, 0.717) is 17.4 Å². The molecule has 0 aromatic carbocycles. The topological polar surface area (TPSA) is 54.2 Å². The monoisotopic (exact) mass is 316 g/mol. The summed E-state index contributed by atoms with van der Waals surface area (Å²) in [4.78, 5) is 7.67. The van der Waals surface area contributed by atoms with Crippen molar-refractivity contribution in [2.24, 2.45) is 5.84 Å². The molecule has 0 saturated heterocycles. The molecule has 0 aliphatic rings. The Kier molecular flexibility index (Phi) is 5.01. The van der Waals surface area contributed by atoms with Crippen LogP contribution in [0, 0.1) is 0 Å². The molecular weight excluding hydrogens is 303 g/mol. The van der Waals surface area contributed by atoms with Gasteiger partial charge in [-0.25, -0.2) is 10.8 Å². The van der Waals surface area contributed by atoms with E-state index in [4.69, 9.17) is 29.0 Å². The molecule has 4 nitrogen and oxygen atoms in total. The first kappa shape index (κ1) is 14.6. The summed E-state index contributed by atoms with van der Waals surface area (Å²) in [6.07, 6.45) is 0. The molecule has 2 rings (SSSR count). The van der Waals surface area contributed by atoms with Crippen LogP contribution in [0.3, 0.4) is 0 Å². The molecule has 0 saturated carbocycles. The first-order valence-corrected chi connectivity index (χ1v) is 7.20. The summed E-state index contributed by atoms with van der Waals surface area (Å²) < 4.78 is 0.800. The van der Waals surface area contributed by atoms with Gasteiger partial charge in [-0.05, 0) is 31.3 Å². The van der Waals surface area contributed by atoms with E-state index in [2.05, 4.69) is 15.3 Å². The molecule has 0 spiro atoms. The normalized spacial score (nSPS) is 11.0. The van der Waals surface area contributed by atoms with E-state index in [1.165, 1.54) is 4.88 Å². The number of anilines is 1. The summed E-state index contributed by atoms with van der Waals surface area (Å²) in [5, 5.41) is 0.634. The smallest absolute Gasteiger partial charge is 0.140 e. The molecule has 7 heteroatoms. The third kappa shape index (κ3) is 4.06. The first-order valence-electron chi connectivity index (χ1n) is 5.63. The molecule has 19 heavy (non-hydrogen) atoms. The molecule has 0 aliphatic heterocycles. The van der Waals surface area contributed by atoms with E-state index < -0.39 is 0 Å². The number of thiophene rings is 1. The quantitative estimate of drug-likeness (QED) is 0.656. The highest BCUT2D eigenvalue weighted by Crippen LogP contribution is 2.23. The average molecular weight is 317 g/mol. The van der Waals surface area contributed by atoms with E-state index in [0.717, 1.165) is 16.6 Å². The Morgan fingerprint density at radius 2 is 2.05 bits per heavy atom. The molecule has 0 amide bonds. The van der Waals surface area contributed by atoms with Gasteiger partial charge >= 0.3 is 0 Å². The number of aromatic nitrogens is 1. The maximum atomic E-state index is 6.13. The van der Waals surface area contributed by atoms with Crippen LogP contribution in [0.4, 0.5) is 5.82 Å². The van der Waals surface area contributed by atoms with Crippen molar-refractivity contribution in [3.05, 3.63) is 44.2 Å². The molecule has 0 atom stereocenters. The van der Waals surface area contributed by atoms with Crippen LogP contribution >= 0.6 is 34.5 Å². The zero-order valence-corrected chi connectivity index (χ0v) is 12.7. The highest BCUT2D eigenvalue weighted by atomic mass is 35.5. The molecule has 102 valence electrons. The number of hydrogen-bond acceptors (Lipinski definition) is 5. The van der Waals surface area contributed by atoms with E-state index in [1.807, 2.05) is 19.2 Å². The van der Waals surface area contributed by atoms with Crippen LogP contribution in [0.25, 0.3) is 0 Å². The summed E-state index contributed by atoms with van der Waals surface area (Å²) in [7, 11) is 2.01. The molecule has 2 heterocycles. The summed E-state index contributed by atoms with van der Waals surface area (Å²) >= 11 is 13.6. The SMILES string of the molecule is CN(Cc1ccc(Cl)s1)Cc1nc(NN)ccc1Cl. The van der Waals surface area contributed by atoms with Gasteiger partial charge in [0.25, 0.3) is 0 Å². The highest BCUT2D eigenvalue weighted by Gasteiger charge is 2.09. The second kappa shape index (κ2) is 6.54. The lowest BCUT2D eigenvalue weighted by atomic mass is 10.3. The molecule has 2 aromatic rings. The molecule has 2 aromatic heterocycles. The molecule has 0 bridgehead atoms. The number of nitrogens with one attached hydrogen (secondary N) is 1. The molecule has 0 radical (unpaired) electrons. The van der Waals surface area contributed by atoms with Gasteiger partial charge in [-0.15, -0.1) is 11.3 Å². The zero-order chi connectivity index (χ0) is 13.8. The van der Waals surface area contributed by atoms with Crippen molar-refractivity contribution in [3.8, 4) is 0 Å². The first-order chi connectivity index (χ1) is 9.08. The van der Waals surface area contributed by atoms with Gasteiger partial charge < -0.3 is 5.43 Å². The molecule has 3 N–H and O–H groups in total. The maximum absolute atomic E-state index is 6.13. The van der Waals surface area contributed by atoms with E-state index >= 15 is 0 Å². The number of rotatable bonds is 5. The maximum Gasteiger partial charge on any atom is 0.140 e. The van der Waals surface area contributed by atoms with E-state index in [-0.39, 0.29) is 0 Å². The largest absolute Gasteiger partial charge is 0.308 e. The van der Waals surface area contributed by atoms with Crippen molar-refractivity contribution in [2.75, 3.05) is 12.5 Å². The Morgan fingerprint density at radius 1 is 1.26 bits per heavy atom. The van der Waals surface area contributed by atoms with Crippen LogP contribution in [0.15, 0.2) is 24.3 Å². The van der Waals surface area contributed by atoms with E-state index in [1.54, 1.807) is 23.5 Å². The third-order valence-corrected chi connectivity index (χ3v) is 4.10. The van der Waals surface area contributed by atoms with Gasteiger partial charge in [-0.3, -0.25) is 4.90 Å². The Hall–Kier alpha value is -0.850. The van der Waals surface area contributed by atoms with Crippen LogP contribution < -0.4 is 11.3 Å². The van der Waals surface area contributed by atoms with Crippen molar-refractivity contribution in [3.63, 3.8) is 0 Å². The van der Waals surface area contributed by atoms with Gasteiger partial charge in [0.2, 0.25) is 0 Å². The molecule has 0 unspecified atom stereocenters. The van der Waals surface area contributed by atoms with Crippen LogP contribution in [0.2, 0.25) is 9.36 Å². The minimum absolute atomic E-state index is 0.604. The fraction of sp³-hybridized carbons (Fsp3) is 0.250. The van der Waals surface area contributed by atoms with E-state index in [9.17, 15) is 0 Å². The van der Waals surface area contributed by atoms with Crippen LogP contribution in [0.1, 0.15) is 10.6 Å². The number of nitrogens with two attached hydrogens (primary N) is 1. The fourth-order valence-electron chi connectivity index (χ4n) is 1.69. The fourth-order valence-corrected chi connectivity index (χ4v) is 3.02. The van der Waals surface area contributed by atoms with Crippen molar-refractivity contribution in [1.29, 1.82) is 0 Å². The Bertz CT molecular complexity index is 558. The Balaban J connectivity index is 2.03. The van der Waals surface area contributed by atoms with Crippen LogP contribution in [-0.2, 0) is 13.1 Å². The zero-order valence-electron chi connectivity index (χ0n) is 10.4. The van der Waals surface area contributed by atoms with Gasteiger partial charge in [-0.1, -0.05) is 23.2 Å². The van der Waals surface area contributed by atoms with Crippen LogP contribution in [-0.4, -0.2) is 16.9 Å². The third-order valence-electron chi connectivity index (χ3n) is 2.54. The lowest BCUT2D eigenvalue weighted by molar-refractivity contribution is 0.318. The number of nitrogen functional groups attached to an aromatic ring is 1. The minimum Gasteiger partial charge on any atom is -0.308 e. The van der Waals surface area contributed by atoms with Gasteiger partial charge in [0, 0.05) is 18.0 Å². The predicted molar refractivity (Wildman–Crippen MR) is 81.6 cm³/mol. The molecule has 0 aliphatic carbocycles. The standard InChI is InChI=1S/C12H14Cl2N4S/c1-18(6-8-2-4-11(14)19-8)7-10-9(13)3-5-12(16-10)17-15/h2-5H,6-7,15H2,1H3,(H,16,17). The predicted octanol–water partition coefficient (Wildman–Crippen LogP) is 3.37. The Morgan fingerprint density at radius 3 is 2.68 bits per heavy atom. The number of nitrogens with zero attached hydrogens (tertiary/aromatic N) is 2.